The van der Waals surface area contributed by atoms with E-state index in [1.807, 2.05) is 13.0 Å². The summed E-state index contributed by atoms with van der Waals surface area (Å²) in [6.45, 7) is 1.89. The Morgan fingerprint density at radius 3 is 2.84 bits per heavy atom. The molecule has 4 rings (SSSR count). The van der Waals surface area contributed by atoms with Gasteiger partial charge in [0.25, 0.3) is 11.9 Å². The van der Waals surface area contributed by atoms with Gasteiger partial charge >= 0.3 is 0 Å². The normalized spacial score (nSPS) is 26.9. The molecular weight excluding hydrogens is 387 g/mol. The van der Waals surface area contributed by atoms with Crippen LogP contribution < -0.4 is 5.32 Å². The molecule has 0 aromatic heterocycles. The van der Waals surface area contributed by atoms with E-state index in [-0.39, 0.29) is 29.8 Å². The lowest BCUT2D eigenvalue weighted by molar-refractivity contribution is 0.0956. The van der Waals surface area contributed by atoms with Crippen LogP contribution in [0.3, 0.4) is 0 Å². The second-order valence-electron chi connectivity index (χ2n) is 6.51. The van der Waals surface area contributed by atoms with E-state index in [0.717, 1.165) is 10.9 Å². The number of benzene rings is 2. The SMILES string of the molecule is C[C@@]1(c2cc(Br)ccc2F)N=C(NC(=O)c2ccccc2)O[C@@H]2C[C@@H]21. The highest BCUT2D eigenvalue weighted by Gasteiger charge is 2.57. The van der Waals surface area contributed by atoms with E-state index >= 15 is 0 Å². The molecule has 0 saturated heterocycles. The lowest BCUT2D eigenvalue weighted by atomic mass is 9.86. The van der Waals surface area contributed by atoms with E-state index < -0.39 is 5.54 Å². The summed E-state index contributed by atoms with van der Waals surface area (Å²) in [5.41, 5.74) is 0.252. The van der Waals surface area contributed by atoms with Crippen molar-refractivity contribution < 1.29 is 13.9 Å². The van der Waals surface area contributed by atoms with Gasteiger partial charge in [-0.2, -0.15) is 0 Å². The first kappa shape index (κ1) is 16.3. The third-order valence-electron chi connectivity index (χ3n) is 4.78. The van der Waals surface area contributed by atoms with Gasteiger partial charge in [-0.15, -0.1) is 0 Å². The number of fused-ring (bicyclic) bond motifs is 1. The first-order valence-electron chi connectivity index (χ1n) is 8.06. The number of hydrogen-bond acceptors (Lipinski definition) is 3. The van der Waals surface area contributed by atoms with Crippen LogP contribution in [0, 0.1) is 11.7 Å². The van der Waals surface area contributed by atoms with Crippen LogP contribution in [0.1, 0.15) is 29.3 Å². The molecule has 1 N–H and O–H groups in total. The fraction of sp³-hybridized carbons (Fsp3) is 0.263. The molecule has 0 spiro atoms. The second kappa shape index (κ2) is 5.95. The Balaban J connectivity index is 1.66. The number of rotatable bonds is 2. The Labute approximate surface area is 153 Å². The second-order valence-corrected chi connectivity index (χ2v) is 7.42. The summed E-state index contributed by atoms with van der Waals surface area (Å²) >= 11 is 3.39. The monoisotopic (exact) mass is 402 g/mol. The highest BCUT2D eigenvalue weighted by atomic mass is 79.9. The zero-order chi connectivity index (χ0) is 17.6. The molecule has 0 unspecified atom stereocenters. The maximum Gasteiger partial charge on any atom is 0.292 e. The zero-order valence-electron chi connectivity index (χ0n) is 13.5. The molecule has 1 amide bonds. The maximum atomic E-state index is 14.4. The molecule has 2 aromatic rings. The number of hydrogen-bond donors (Lipinski definition) is 1. The van der Waals surface area contributed by atoms with Crippen molar-refractivity contribution in [2.45, 2.75) is 25.0 Å². The number of ether oxygens (including phenoxy) is 1. The van der Waals surface area contributed by atoms with Gasteiger partial charge in [-0.25, -0.2) is 9.38 Å². The van der Waals surface area contributed by atoms with Crippen LogP contribution in [-0.2, 0) is 10.3 Å². The first-order valence-corrected chi connectivity index (χ1v) is 8.85. The summed E-state index contributed by atoms with van der Waals surface area (Å²) in [5, 5.41) is 2.71. The molecule has 0 radical (unpaired) electrons. The lowest BCUT2D eigenvalue weighted by Crippen LogP contribution is -2.41. The minimum absolute atomic E-state index is 0.0491. The predicted octanol–water partition coefficient (Wildman–Crippen LogP) is 4.01. The number of nitrogens with zero attached hydrogens (tertiary/aromatic N) is 1. The number of nitrogens with one attached hydrogen (secondary N) is 1. The summed E-state index contributed by atoms with van der Waals surface area (Å²) in [7, 11) is 0. The topological polar surface area (TPSA) is 50.7 Å². The Hall–Kier alpha value is -2.21. The number of aliphatic imine (C=N–C) groups is 1. The Kier molecular flexibility index (Phi) is 3.87. The van der Waals surface area contributed by atoms with Crippen molar-refractivity contribution in [3.05, 3.63) is 69.9 Å². The molecule has 1 saturated carbocycles. The Bertz CT molecular complexity index is 871. The number of amidine groups is 1. The van der Waals surface area contributed by atoms with Crippen molar-refractivity contribution in [3.8, 4) is 0 Å². The van der Waals surface area contributed by atoms with E-state index in [0.29, 0.717) is 11.1 Å². The van der Waals surface area contributed by atoms with E-state index in [4.69, 9.17) is 4.74 Å². The van der Waals surface area contributed by atoms with Crippen LogP contribution in [0.5, 0.6) is 0 Å². The molecule has 2 aliphatic rings. The van der Waals surface area contributed by atoms with Crippen LogP contribution in [0.15, 0.2) is 58.0 Å². The van der Waals surface area contributed by atoms with E-state index in [1.54, 1.807) is 36.4 Å². The van der Waals surface area contributed by atoms with Crippen molar-refractivity contribution in [1.29, 1.82) is 0 Å². The van der Waals surface area contributed by atoms with E-state index in [2.05, 4.69) is 26.2 Å². The van der Waals surface area contributed by atoms with Gasteiger partial charge < -0.3 is 4.74 Å². The van der Waals surface area contributed by atoms with Gasteiger partial charge in [0, 0.05) is 21.5 Å². The Morgan fingerprint density at radius 1 is 1.32 bits per heavy atom. The van der Waals surface area contributed by atoms with Crippen molar-refractivity contribution in [2.24, 2.45) is 10.9 Å². The molecule has 1 aliphatic heterocycles. The van der Waals surface area contributed by atoms with Gasteiger partial charge in [0.1, 0.15) is 11.9 Å². The molecule has 25 heavy (non-hydrogen) atoms. The minimum atomic E-state index is -0.768. The van der Waals surface area contributed by atoms with Gasteiger partial charge in [-0.05, 0) is 43.7 Å². The fourth-order valence-electron chi connectivity index (χ4n) is 3.32. The molecule has 1 aliphatic carbocycles. The third-order valence-corrected chi connectivity index (χ3v) is 5.27. The van der Waals surface area contributed by atoms with Crippen LogP contribution in [-0.4, -0.2) is 18.0 Å². The average molecular weight is 403 g/mol. The third kappa shape index (κ3) is 2.95. The maximum absolute atomic E-state index is 14.4. The van der Waals surface area contributed by atoms with Crippen LogP contribution in [0.2, 0.25) is 0 Å². The summed E-state index contributed by atoms with van der Waals surface area (Å²) in [5.74, 6) is -0.500. The van der Waals surface area contributed by atoms with Crippen LogP contribution in [0.4, 0.5) is 4.39 Å². The highest BCUT2D eigenvalue weighted by Crippen LogP contribution is 2.53. The van der Waals surface area contributed by atoms with Crippen molar-refractivity contribution in [2.75, 3.05) is 0 Å². The summed E-state index contributed by atoms with van der Waals surface area (Å²) in [4.78, 5) is 16.9. The fourth-order valence-corrected chi connectivity index (χ4v) is 3.68. The molecular formula is C19H16BrFN2O2. The van der Waals surface area contributed by atoms with Gasteiger partial charge in [0.15, 0.2) is 0 Å². The summed E-state index contributed by atoms with van der Waals surface area (Å²) in [6, 6.07) is 13.8. The van der Waals surface area contributed by atoms with Gasteiger partial charge in [0.2, 0.25) is 0 Å². The quantitative estimate of drug-likeness (QED) is 0.824. The lowest BCUT2D eigenvalue weighted by Gasteiger charge is -2.31. The van der Waals surface area contributed by atoms with Gasteiger partial charge in [-0.3, -0.25) is 10.1 Å². The molecule has 128 valence electrons. The number of halogens is 2. The molecule has 1 heterocycles. The highest BCUT2D eigenvalue weighted by molar-refractivity contribution is 9.10. The Morgan fingerprint density at radius 2 is 2.08 bits per heavy atom. The van der Waals surface area contributed by atoms with Gasteiger partial charge in [0.05, 0.1) is 5.54 Å². The predicted molar refractivity (Wildman–Crippen MR) is 95.8 cm³/mol. The van der Waals surface area contributed by atoms with Crippen LogP contribution >= 0.6 is 15.9 Å². The minimum Gasteiger partial charge on any atom is -0.461 e. The molecule has 4 nitrogen and oxygen atoms in total. The number of amides is 1. The number of carbonyl (C=O) groups is 1. The molecule has 6 heteroatoms. The molecule has 1 fully saturated rings. The van der Waals surface area contributed by atoms with Gasteiger partial charge in [-0.1, -0.05) is 34.1 Å². The zero-order valence-corrected chi connectivity index (χ0v) is 15.1. The number of carbonyl (C=O) groups excluding carboxylic acids is 1. The van der Waals surface area contributed by atoms with Crippen LogP contribution in [0.25, 0.3) is 0 Å². The van der Waals surface area contributed by atoms with Crippen molar-refractivity contribution in [1.82, 2.24) is 5.32 Å². The smallest absolute Gasteiger partial charge is 0.292 e. The van der Waals surface area contributed by atoms with E-state index in [1.165, 1.54) is 6.07 Å². The summed E-state index contributed by atoms with van der Waals surface area (Å²) < 4.78 is 20.9. The molecule has 2 aromatic carbocycles. The largest absolute Gasteiger partial charge is 0.461 e. The molecule has 0 bridgehead atoms. The van der Waals surface area contributed by atoms with Crippen molar-refractivity contribution >= 4 is 27.9 Å². The average Bonchev–Trinajstić information content (AvgIpc) is 3.38. The molecule has 3 atom stereocenters. The van der Waals surface area contributed by atoms with Crippen molar-refractivity contribution in [3.63, 3.8) is 0 Å². The summed E-state index contributed by atoms with van der Waals surface area (Å²) in [6.07, 6.45) is 0.739. The standard InChI is InChI=1S/C19H16BrFN2O2/c1-19(13-9-12(20)7-8-15(13)21)14-10-16(14)25-18(23-19)22-17(24)11-5-3-2-4-6-11/h2-9,14,16H,10H2,1H3,(H,22,23,24)/t14-,16+,19-/m0/s1. The van der Waals surface area contributed by atoms with E-state index in [9.17, 15) is 9.18 Å². The first-order chi connectivity index (χ1) is 12.0.